The van der Waals surface area contributed by atoms with Gasteiger partial charge in [0.25, 0.3) is 0 Å². The van der Waals surface area contributed by atoms with Gasteiger partial charge in [-0.1, -0.05) is 17.7 Å². The second kappa shape index (κ2) is 6.24. The van der Waals surface area contributed by atoms with Gasteiger partial charge < -0.3 is 9.47 Å². The molecule has 23 heavy (non-hydrogen) atoms. The minimum Gasteiger partial charge on any atom is -0.461 e. The number of carbonyl (C=O) groups excluding carboxylic acids is 2. The summed E-state index contributed by atoms with van der Waals surface area (Å²) in [4.78, 5) is 24.8. The average molecular weight is 338 g/mol. The molecule has 0 atom stereocenters. The van der Waals surface area contributed by atoms with Crippen molar-refractivity contribution in [2.45, 2.75) is 40.2 Å². The number of fused-ring (bicyclic) bond motifs is 1. The van der Waals surface area contributed by atoms with Gasteiger partial charge in [0.15, 0.2) is 0 Å². The van der Waals surface area contributed by atoms with E-state index < -0.39 is 17.7 Å². The molecule has 0 radical (unpaired) electrons. The molecule has 0 fully saturated rings. The lowest BCUT2D eigenvalue weighted by atomic mass is 10.1. The van der Waals surface area contributed by atoms with Crippen LogP contribution in [0.5, 0.6) is 0 Å². The summed E-state index contributed by atoms with van der Waals surface area (Å²) in [5.74, 6) is -0.579. The van der Waals surface area contributed by atoms with Crippen LogP contribution in [0.1, 0.15) is 43.7 Å². The maximum Gasteiger partial charge on any atom is 0.419 e. The second-order valence-corrected chi connectivity index (χ2v) is 6.58. The van der Waals surface area contributed by atoms with Gasteiger partial charge in [-0.15, -0.1) is 0 Å². The fourth-order valence-electron chi connectivity index (χ4n) is 2.29. The van der Waals surface area contributed by atoms with Gasteiger partial charge in [0.1, 0.15) is 11.3 Å². The van der Waals surface area contributed by atoms with Crippen LogP contribution >= 0.6 is 11.6 Å². The highest BCUT2D eigenvalue weighted by atomic mass is 35.5. The van der Waals surface area contributed by atoms with Crippen LogP contribution in [-0.2, 0) is 9.47 Å². The molecule has 2 aromatic rings. The molecule has 0 bridgehead atoms. The Balaban J connectivity index is 2.70. The number of aromatic nitrogens is 1. The van der Waals surface area contributed by atoms with Crippen LogP contribution < -0.4 is 0 Å². The van der Waals surface area contributed by atoms with Crippen molar-refractivity contribution in [1.82, 2.24) is 4.57 Å². The SMILES string of the molecule is CCOC(=O)c1cc2ccc(Cl)c(C)c2n1C(=O)OC(C)(C)C. The van der Waals surface area contributed by atoms with Crippen molar-refractivity contribution in [3.63, 3.8) is 0 Å². The first-order chi connectivity index (χ1) is 10.7. The fraction of sp³-hybridized carbons (Fsp3) is 0.412. The van der Waals surface area contributed by atoms with Crippen LogP contribution in [0.2, 0.25) is 5.02 Å². The Kier molecular flexibility index (Phi) is 4.71. The third-order valence-electron chi connectivity index (χ3n) is 3.21. The summed E-state index contributed by atoms with van der Waals surface area (Å²) in [6.45, 7) is 9.01. The quantitative estimate of drug-likeness (QED) is 0.753. The van der Waals surface area contributed by atoms with Crippen molar-refractivity contribution in [2.24, 2.45) is 0 Å². The Morgan fingerprint density at radius 2 is 1.91 bits per heavy atom. The number of halogens is 1. The minimum absolute atomic E-state index is 0.126. The van der Waals surface area contributed by atoms with Crippen LogP contribution in [0.3, 0.4) is 0 Å². The Bertz CT molecular complexity index is 771. The number of aryl methyl sites for hydroxylation is 1. The van der Waals surface area contributed by atoms with E-state index in [2.05, 4.69) is 0 Å². The molecule has 5 nitrogen and oxygen atoms in total. The molecular formula is C17H20ClNO4. The number of carbonyl (C=O) groups is 2. The first-order valence-corrected chi connectivity index (χ1v) is 7.74. The van der Waals surface area contributed by atoms with Crippen molar-refractivity contribution >= 4 is 34.6 Å². The Hall–Kier alpha value is -2.01. The predicted molar refractivity (Wildman–Crippen MR) is 89.3 cm³/mol. The van der Waals surface area contributed by atoms with Gasteiger partial charge in [-0.3, -0.25) is 0 Å². The number of ether oxygens (including phenoxy) is 2. The van der Waals surface area contributed by atoms with Gasteiger partial charge in [0, 0.05) is 10.4 Å². The number of hydrogen-bond donors (Lipinski definition) is 0. The van der Waals surface area contributed by atoms with Crippen LogP contribution in [0.4, 0.5) is 4.79 Å². The number of esters is 1. The van der Waals surface area contributed by atoms with Gasteiger partial charge >= 0.3 is 12.1 Å². The second-order valence-electron chi connectivity index (χ2n) is 6.18. The largest absolute Gasteiger partial charge is 0.461 e. The van der Waals surface area contributed by atoms with Gasteiger partial charge in [0.2, 0.25) is 0 Å². The molecule has 0 saturated heterocycles. The first-order valence-electron chi connectivity index (χ1n) is 7.36. The third-order valence-corrected chi connectivity index (χ3v) is 3.62. The molecule has 124 valence electrons. The van der Waals surface area contributed by atoms with E-state index in [1.807, 2.05) is 0 Å². The zero-order valence-corrected chi connectivity index (χ0v) is 14.7. The predicted octanol–water partition coefficient (Wildman–Crippen LogP) is 4.56. The molecule has 0 aliphatic rings. The topological polar surface area (TPSA) is 57.5 Å². The molecule has 2 rings (SSSR count). The highest BCUT2D eigenvalue weighted by Crippen LogP contribution is 2.29. The first kappa shape index (κ1) is 17.3. The van der Waals surface area contributed by atoms with E-state index in [9.17, 15) is 9.59 Å². The lowest BCUT2D eigenvalue weighted by Crippen LogP contribution is -2.29. The normalized spacial score (nSPS) is 11.6. The van der Waals surface area contributed by atoms with E-state index in [0.717, 1.165) is 5.39 Å². The molecule has 0 spiro atoms. The number of rotatable bonds is 2. The van der Waals surface area contributed by atoms with Gasteiger partial charge in [0.05, 0.1) is 12.1 Å². The summed E-state index contributed by atoms with van der Waals surface area (Å²) in [6, 6.07) is 5.10. The summed E-state index contributed by atoms with van der Waals surface area (Å²) >= 11 is 6.17. The molecular weight excluding hydrogens is 318 g/mol. The molecule has 0 N–H and O–H groups in total. The number of hydrogen-bond acceptors (Lipinski definition) is 4. The zero-order chi connectivity index (χ0) is 17.4. The third kappa shape index (κ3) is 3.50. The van der Waals surface area contributed by atoms with Crippen molar-refractivity contribution in [2.75, 3.05) is 6.61 Å². The maximum absolute atomic E-state index is 12.6. The molecule has 1 heterocycles. The summed E-state index contributed by atoms with van der Waals surface area (Å²) in [6.07, 6.45) is -0.638. The van der Waals surface area contributed by atoms with Crippen molar-refractivity contribution in [3.8, 4) is 0 Å². The highest BCUT2D eigenvalue weighted by Gasteiger charge is 2.26. The highest BCUT2D eigenvalue weighted by molar-refractivity contribution is 6.32. The number of nitrogens with zero attached hydrogens (tertiary/aromatic N) is 1. The summed E-state index contributed by atoms with van der Waals surface area (Å²) in [5, 5.41) is 1.23. The Labute approximate surface area is 140 Å². The molecule has 0 aliphatic heterocycles. The van der Waals surface area contributed by atoms with Crippen molar-refractivity contribution in [1.29, 1.82) is 0 Å². The fourth-order valence-corrected chi connectivity index (χ4v) is 2.45. The van der Waals surface area contributed by atoms with E-state index >= 15 is 0 Å². The lowest BCUT2D eigenvalue weighted by Gasteiger charge is -2.21. The van der Waals surface area contributed by atoms with Crippen molar-refractivity contribution in [3.05, 3.63) is 34.5 Å². The number of benzene rings is 1. The van der Waals surface area contributed by atoms with E-state index in [4.69, 9.17) is 21.1 Å². The summed E-state index contributed by atoms with van der Waals surface area (Å²) in [7, 11) is 0. The minimum atomic E-state index is -0.688. The van der Waals surface area contributed by atoms with E-state index in [-0.39, 0.29) is 12.3 Å². The van der Waals surface area contributed by atoms with Crippen LogP contribution in [0.15, 0.2) is 18.2 Å². The monoisotopic (exact) mass is 337 g/mol. The Morgan fingerprint density at radius 3 is 2.48 bits per heavy atom. The van der Waals surface area contributed by atoms with E-state index in [1.165, 1.54) is 4.57 Å². The van der Waals surface area contributed by atoms with Gasteiger partial charge in [-0.2, -0.15) is 0 Å². The van der Waals surface area contributed by atoms with E-state index in [1.54, 1.807) is 52.8 Å². The smallest absolute Gasteiger partial charge is 0.419 e. The van der Waals surface area contributed by atoms with Gasteiger partial charge in [-0.05, 0) is 52.3 Å². The zero-order valence-electron chi connectivity index (χ0n) is 13.9. The van der Waals surface area contributed by atoms with Gasteiger partial charge in [-0.25, -0.2) is 14.2 Å². The van der Waals surface area contributed by atoms with Crippen LogP contribution in [0.25, 0.3) is 10.9 Å². The molecule has 0 amide bonds. The molecule has 6 heteroatoms. The molecule has 0 aliphatic carbocycles. The lowest BCUT2D eigenvalue weighted by molar-refractivity contribution is 0.0454. The van der Waals surface area contributed by atoms with E-state index in [0.29, 0.717) is 16.1 Å². The standard InChI is InChI=1S/C17H20ClNO4/c1-6-22-15(20)13-9-11-7-8-12(18)10(2)14(11)19(13)16(21)23-17(3,4)5/h7-9H,6H2,1-5H3. The van der Waals surface area contributed by atoms with Crippen LogP contribution in [0, 0.1) is 6.92 Å². The van der Waals surface area contributed by atoms with Crippen LogP contribution in [-0.4, -0.2) is 28.8 Å². The molecule has 1 aromatic heterocycles. The molecule has 0 unspecified atom stereocenters. The van der Waals surface area contributed by atoms with Crippen molar-refractivity contribution < 1.29 is 19.1 Å². The Morgan fingerprint density at radius 1 is 1.26 bits per heavy atom. The summed E-state index contributed by atoms with van der Waals surface area (Å²) in [5.41, 5.74) is 0.688. The summed E-state index contributed by atoms with van der Waals surface area (Å²) < 4.78 is 11.7. The molecule has 0 saturated carbocycles. The molecule has 1 aromatic carbocycles. The average Bonchev–Trinajstić information content (AvgIpc) is 2.81. The maximum atomic E-state index is 12.6.